The number of halogens is 2. The van der Waals surface area contributed by atoms with Crippen molar-refractivity contribution in [1.29, 1.82) is 0 Å². The largest absolute Gasteiger partial charge is 0.497 e. The molecule has 196 valence electrons. The monoisotopic (exact) mass is 523 g/mol. The molecule has 0 spiro atoms. The van der Waals surface area contributed by atoms with Gasteiger partial charge in [-0.1, -0.05) is 0 Å². The van der Waals surface area contributed by atoms with Crippen molar-refractivity contribution in [3.63, 3.8) is 0 Å². The lowest BCUT2D eigenvalue weighted by Crippen LogP contribution is -2.09. The van der Waals surface area contributed by atoms with E-state index in [0.29, 0.717) is 35.1 Å². The van der Waals surface area contributed by atoms with Gasteiger partial charge in [0, 0.05) is 36.0 Å². The van der Waals surface area contributed by atoms with Crippen molar-refractivity contribution < 1.29 is 32.9 Å². The maximum atomic E-state index is 15.1. The number of anilines is 1. The van der Waals surface area contributed by atoms with Gasteiger partial charge in [-0.05, 0) is 31.2 Å². The topological polar surface area (TPSA) is 129 Å². The lowest BCUT2D eigenvalue weighted by atomic mass is 10.1. The van der Waals surface area contributed by atoms with Gasteiger partial charge in [0.15, 0.2) is 11.6 Å². The van der Waals surface area contributed by atoms with Gasteiger partial charge in [-0.3, -0.25) is 0 Å². The average molecular weight is 523 g/mol. The maximum absolute atomic E-state index is 15.1. The predicted octanol–water partition coefficient (Wildman–Crippen LogP) is 4.61. The van der Waals surface area contributed by atoms with Crippen molar-refractivity contribution in [3.05, 3.63) is 71.7 Å². The van der Waals surface area contributed by atoms with Crippen molar-refractivity contribution in [1.82, 2.24) is 19.9 Å². The zero-order valence-corrected chi connectivity index (χ0v) is 20.7. The summed E-state index contributed by atoms with van der Waals surface area (Å²) in [5.74, 6) is -2.43. The van der Waals surface area contributed by atoms with Crippen molar-refractivity contribution in [2.45, 2.75) is 13.5 Å². The molecule has 0 atom stereocenters. The number of nitrogens with one attached hydrogen (secondary N) is 1. The average Bonchev–Trinajstić information content (AvgIpc) is 2.93. The van der Waals surface area contributed by atoms with Crippen LogP contribution in [0.4, 0.5) is 14.6 Å². The molecule has 0 aliphatic carbocycles. The molecule has 1 aromatic carbocycles. The lowest BCUT2D eigenvalue weighted by Gasteiger charge is -2.13. The summed E-state index contributed by atoms with van der Waals surface area (Å²) in [7, 11) is 3.03. The Balaban J connectivity index is 1.65. The Bertz CT molecular complexity index is 1470. The lowest BCUT2D eigenvalue weighted by molar-refractivity contribution is 0.0692. The Morgan fingerprint density at radius 1 is 1.00 bits per heavy atom. The fourth-order valence-corrected chi connectivity index (χ4v) is 3.54. The summed E-state index contributed by atoms with van der Waals surface area (Å²) in [4.78, 5) is 27.8. The number of hydrogen-bond acceptors (Lipinski definition) is 9. The number of carboxylic acids is 1. The molecule has 0 aliphatic rings. The van der Waals surface area contributed by atoms with Gasteiger partial charge in [-0.2, -0.15) is 4.39 Å². The minimum Gasteiger partial charge on any atom is -0.497 e. The molecule has 0 radical (unpaired) electrons. The zero-order chi connectivity index (χ0) is 27.2. The highest BCUT2D eigenvalue weighted by molar-refractivity contribution is 5.91. The summed E-state index contributed by atoms with van der Waals surface area (Å²) in [5, 5.41) is 12.4. The maximum Gasteiger partial charge on any atom is 0.338 e. The SMILES string of the molecule is CCOc1ccc(-c2cc(C(=O)O)c(F)c(-c3cnc(NCc4ccc(OC)cc4OC)c(F)n3)n2)cn1. The first kappa shape index (κ1) is 26.2. The first-order valence-electron chi connectivity index (χ1n) is 11.3. The quantitative estimate of drug-likeness (QED) is 0.304. The Hall–Kier alpha value is -4.87. The molecule has 0 unspecified atom stereocenters. The Kier molecular flexibility index (Phi) is 7.90. The van der Waals surface area contributed by atoms with E-state index in [2.05, 4.69) is 25.3 Å². The van der Waals surface area contributed by atoms with Crippen LogP contribution in [-0.2, 0) is 6.54 Å². The molecular formula is C26H23F2N5O5. The van der Waals surface area contributed by atoms with Crippen LogP contribution in [0.25, 0.3) is 22.6 Å². The number of carboxylic acid groups (broad SMARTS) is 1. The molecule has 0 saturated heterocycles. The Labute approximate surface area is 216 Å². The van der Waals surface area contributed by atoms with Crippen LogP contribution in [0.3, 0.4) is 0 Å². The van der Waals surface area contributed by atoms with Gasteiger partial charge in [0.1, 0.15) is 22.9 Å². The molecule has 0 fully saturated rings. The van der Waals surface area contributed by atoms with Crippen LogP contribution in [0.5, 0.6) is 17.4 Å². The Morgan fingerprint density at radius 2 is 1.82 bits per heavy atom. The minimum absolute atomic E-state index is 0.102. The van der Waals surface area contributed by atoms with E-state index < -0.39 is 29.0 Å². The third kappa shape index (κ3) is 5.59. The number of benzene rings is 1. The fraction of sp³-hybridized carbons (Fsp3) is 0.192. The Morgan fingerprint density at radius 3 is 2.45 bits per heavy atom. The summed E-state index contributed by atoms with van der Waals surface area (Å²) >= 11 is 0. The zero-order valence-electron chi connectivity index (χ0n) is 20.7. The normalized spacial score (nSPS) is 10.7. The number of nitrogens with zero attached hydrogens (tertiary/aromatic N) is 4. The second-order valence-corrected chi connectivity index (χ2v) is 7.77. The van der Waals surface area contributed by atoms with Crippen LogP contribution in [-0.4, -0.2) is 51.8 Å². The van der Waals surface area contributed by atoms with Gasteiger partial charge in [-0.25, -0.2) is 29.1 Å². The third-order valence-corrected chi connectivity index (χ3v) is 5.43. The van der Waals surface area contributed by atoms with E-state index in [1.54, 1.807) is 37.3 Å². The van der Waals surface area contributed by atoms with E-state index in [4.69, 9.17) is 14.2 Å². The minimum atomic E-state index is -1.52. The van der Waals surface area contributed by atoms with Crippen LogP contribution < -0.4 is 19.5 Å². The van der Waals surface area contributed by atoms with Gasteiger partial charge in [0.05, 0.1) is 38.3 Å². The van der Waals surface area contributed by atoms with E-state index in [1.807, 2.05) is 0 Å². The van der Waals surface area contributed by atoms with Crippen molar-refractivity contribution >= 4 is 11.8 Å². The van der Waals surface area contributed by atoms with Crippen molar-refractivity contribution in [3.8, 4) is 40.0 Å². The number of hydrogen-bond donors (Lipinski definition) is 2. The molecule has 38 heavy (non-hydrogen) atoms. The highest BCUT2D eigenvalue weighted by Crippen LogP contribution is 2.29. The van der Waals surface area contributed by atoms with E-state index >= 15 is 4.39 Å². The summed E-state index contributed by atoms with van der Waals surface area (Å²) in [6, 6.07) is 9.40. The first-order valence-corrected chi connectivity index (χ1v) is 11.3. The molecule has 0 aliphatic heterocycles. The summed E-state index contributed by atoms with van der Waals surface area (Å²) < 4.78 is 45.8. The number of aromatic nitrogens is 4. The third-order valence-electron chi connectivity index (χ3n) is 5.43. The molecule has 2 N–H and O–H groups in total. The van der Waals surface area contributed by atoms with Gasteiger partial charge in [0.2, 0.25) is 5.88 Å². The summed E-state index contributed by atoms with van der Waals surface area (Å²) in [5.41, 5.74) is -0.203. The van der Waals surface area contributed by atoms with Gasteiger partial charge < -0.3 is 24.6 Å². The summed E-state index contributed by atoms with van der Waals surface area (Å²) in [6.07, 6.45) is 2.52. The molecule has 0 saturated carbocycles. The van der Waals surface area contributed by atoms with E-state index in [-0.39, 0.29) is 23.8 Å². The molecule has 10 nitrogen and oxygen atoms in total. The number of pyridine rings is 2. The summed E-state index contributed by atoms with van der Waals surface area (Å²) in [6.45, 7) is 2.37. The number of carbonyl (C=O) groups is 1. The second-order valence-electron chi connectivity index (χ2n) is 7.77. The smallest absolute Gasteiger partial charge is 0.338 e. The van der Waals surface area contributed by atoms with Gasteiger partial charge >= 0.3 is 5.97 Å². The molecule has 3 heterocycles. The van der Waals surface area contributed by atoms with Crippen LogP contribution in [0.1, 0.15) is 22.8 Å². The molecule has 4 rings (SSSR count). The molecule has 12 heteroatoms. The fourth-order valence-electron chi connectivity index (χ4n) is 3.54. The molecule has 4 aromatic rings. The van der Waals surface area contributed by atoms with Crippen molar-refractivity contribution in [2.24, 2.45) is 0 Å². The van der Waals surface area contributed by atoms with E-state index in [1.165, 1.54) is 20.4 Å². The van der Waals surface area contributed by atoms with Crippen LogP contribution in [0.15, 0.2) is 48.8 Å². The van der Waals surface area contributed by atoms with Crippen molar-refractivity contribution in [2.75, 3.05) is 26.1 Å². The number of rotatable bonds is 10. The molecule has 0 amide bonds. The molecular weight excluding hydrogens is 500 g/mol. The predicted molar refractivity (Wildman–Crippen MR) is 133 cm³/mol. The standard InChI is InChI=1S/C26H23F2N5O5/c1-4-38-21-8-6-14(11-29-21)18-10-17(26(34)35)22(27)23(32-18)19-13-31-25(24(28)33-19)30-12-15-5-7-16(36-2)9-20(15)37-3/h5-11,13H,4,12H2,1-3H3,(H,30,31)(H,34,35). The van der Waals surface area contributed by atoms with Gasteiger partial charge in [0.25, 0.3) is 5.95 Å². The molecule has 0 bridgehead atoms. The second kappa shape index (κ2) is 11.5. The highest BCUT2D eigenvalue weighted by atomic mass is 19.1. The first-order chi connectivity index (χ1) is 18.3. The number of aromatic carboxylic acids is 1. The number of methoxy groups -OCH3 is 2. The van der Waals surface area contributed by atoms with Crippen LogP contribution in [0.2, 0.25) is 0 Å². The van der Waals surface area contributed by atoms with Crippen LogP contribution >= 0.6 is 0 Å². The van der Waals surface area contributed by atoms with Gasteiger partial charge in [-0.15, -0.1) is 0 Å². The number of ether oxygens (including phenoxy) is 3. The highest BCUT2D eigenvalue weighted by Gasteiger charge is 2.22. The van der Waals surface area contributed by atoms with E-state index in [9.17, 15) is 14.3 Å². The molecule has 3 aromatic heterocycles. The van der Waals surface area contributed by atoms with Crippen LogP contribution in [0, 0.1) is 11.8 Å². The van der Waals surface area contributed by atoms with E-state index in [0.717, 1.165) is 12.3 Å².